The number of amidine groups is 1. The molecular formula is C10H11N3OS. The number of hydrogen-bond donors (Lipinski definition) is 1. The van der Waals surface area contributed by atoms with Gasteiger partial charge >= 0.3 is 0 Å². The molecule has 1 aromatic rings. The first-order valence-electron chi connectivity index (χ1n) is 4.77. The summed E-state index contributed by atoms with van der Waals surface area (Å²) >= 11 is 1.46. The second kappa shape index (κ2) is 4.44. The third kappa shape index (κ3) is 2.36. The Morgan fingerprint density at radius 1 is 1.60 bits per heavy atom. The minimum atomic E-state index is -0.00698. The summed E-state index contributed by atoms with van der Waals surface area (Å²) < 4.78 is 0. The van der Waals surface area contributed by atoms with Crippen LogP contribution >= 0.6 is 11.8 Å². The SMILES string of the molecule is CCC1S/C(=N\c2ccccn2)NC1=O. The van der Waals surface area contributed by atoms with Gasteiger partial charge in [0, 0.05) is 6.20 Å². The number of aliphatic imine (C=N–C) groups is 1. The fourth-order valence-corrected chi connectivity index (χ4v) is 2.16. The minimum absolute atomic E-state index is 0.00698. The van der Waals surface area contributed by atoms with Crippen LogP contribution in [0.5, 0.6) is 0 Å². The van der Waals surface area contributed by atoms with Crippen LogP contribution in [0.4, 0.5) is 5.82 Å². The predicted molar refractivity (Wildman–Crippen MR) is 61.1 cm³/mol. The molecule has 1 unspecified atom stereocenters. The fourth-order valence-electron chi connectivity index (χ4n) is 1.25. The van der Waals surface area contributed by atoms with E-state index in [0.29, 0.717) is 11.0 Å². The molecule has 0 radical (unpaired) electrons. The van der Waals surface area contributed by atoms with Gasteiger partial charge in [-0.25, -0.2) is 9.98 Å². The zero-order valence-electron chi connectivity index (χ0n) is 8.30. The van der Waals surface area contributed by atoms with E-state index in [4.69, 9.17) is 0 Å². The lowest BCUT2D eigenvalue weighted by molar-refractivity contribution is -0.118. The first kappa shape index (κ1) is 10.2. The van der Waals surface area contributed by atoms with E-state index >= 15 is 0 Å². The summed E-state index contributed by atoms with van der Waals surface area (Å²) in [6, 6.07) is 5.50. The minimum Gasteiger partial charge on any atom is -0.304 e. The molecule has 1 aromatic heterocycles. The summed E-state index contributed by atoms with van der Waals surface area (Å²) in [5, 5.41) is 3.37. The molecule has 1 aliphatic rings. The van der Waals surface area contributed by atoms with Gasteiger partial charge in [0.15, 0.2) is 11.0 Å². The van der Waals surface area contributed by atoms with Crippen LogP contribution in [0.2, 0.25) is 0 Å². The summed E-state index contributed by atoms with van der Waals surface area (Å²) in [5.74, 6) is 0.661. The maximum absolute atomic E-state index is 11.4. The number of nitrogens with zero attached hydrogens (tertiary/aromatic N) is 2. The normalized spacial score (nSPS) is 23.1. The largest absolute Gasteiger partial charge is 0.304 e. The van der Waals surface area contributed by atoms with Crippen LogP contribution in [-0.4, -0.2) is 21.3 Å². The maximum atomic E-state index is 11.4. The maximum Gasteiger partial charge on any atom is 0.239 e. The van der Waals surface area contributed by atoms with E-state index in [2.05, 4.69) is 15.3 Å². The Kier molecular flexibility index (Phi) is 3.01. The molecule has 5 heteroatoms. The lowest BCUT2D eigenvalue weighted by Gasteiger charge is -1.96. The number of thioether (sulfide) groups is 1. The van der Waals surface area contributed by atoms with E-state index < -0.39 is 0 Å². The summed E-state index contributed by atoms with van der Waals surface area (Å²) in [7, 11) is 0. The Hall–Kier alpha value is -1.36. The monoisotopic (exact) mass is 221 g/mol. The Balaban J connectivity index is 2.14. The van der Waals surface area contributed by atoms with Gasteiger partial charge in [0.1, 0.15) is 0 Å². The van der Waals surface area contributed by atoms with Gasteiger partial charge in [-0.2, -0.15) is 0 Å². The van der Waals surface area contributed by atoms with E-state index in [1.165, 1.54) is 11.8 Å². The highest BCUT2D eigenvalue weighted by atomic mass is 32.2. The molecule has 0 aromatic carbocycles. The highest BCUT2D eigenvalue weighted by Gasteiger charge is 2.28. The molecule has 1 aliphatic heterocycles. The third-order valence-electron chi connectivity index (χ3n) is 2.01. The summed E-state index contributed by atoms with van der Waals surface area (Å²) in [6.45, 7) is 1.99. The molecule has 0 spiro atoms. The topological polar surface area (TPSA) is 54.4 Å². The van der Waals surface area contributed by atoms with Crippen LogP contribution in [0, 0.1) is 0 Å². The number of rotatable bonds is 2. The molecule has 0 aliphatic carbocycles. The molecule has 4 nitrogen and oxygen atoms in total. The van der Waals surface area contributed by atoms with Gasteiger partial charge in [-0.1, -0.05) is 24.8 Å². The van der Waals surface area contributed by atoms with E-state index in [1.54, 1.807) is 12.3 Å². The van der Waals surface area contributed by atoms with Crippen LogP contribution in [0.15, 0.2) is 29.4 Å². The third-order valence-corrected chi connectivity index (χ3v) is 3.26. The number of hydrogen-bond acceptors (Lipinski definition) is 4. The van der Waals surface area contributed by atoms with Gasteiger partial charge in [0.25, 0.3) is 0 Å². The highest BCUT2D eigenvalue weighted by Crippen LogP contribution is 2.23. The Labute approximate surface area is 92.2 Å². The molecule has 1 saturated heterocycles. The van der Waals surface area contributed by atoms with Crippen molar-refractivity contribution in [2.45, 2.75) is 18.6 Å². The summed E-state index contributed by atoms with van der Waals surface area (Å²) in [5.41, 5.74) is 0. The zero-order chi connectivity index (χ0) is 10.7. The van der Waals surface area contributed by atoms with Crippen LogP contribution in [0.1, 0.15) is 13.3 Å². The van der Waals surface area contributed by atoms with Crippen molar-refractivity contribution in [3.63, 3.8) is 0 Å². The molecule has 78 valence electrons. The number of amides is 1. The van der Waals surface area contributed by atoms with Gasteiger partial charge in [0.2, 0.25) is 5.91 Å². The summed E-state index contributed by atoms with van der Waals surface area (Å²) in [6.07, 6.45) is 2.50. The molecule has 0 saturated carbocycles. The van der Waals surface area contributed by atoms with Crippen LogP contribution < -0.4 is 5.32 Å². The van der Waals surface area contributed by atoms with Crippen molar-refractivity contribution in [3.8, 4) is 0 Å². The molecular weight excluding hydrogens is 210 g/mol. The molecule has 2 rings (SSSR count). The molecule has 1 amide bonds. The van der Waals surface area contributed by atoms with Gasteiger partial charge in [-0.3, -0.25) is 4.79 Å². The van der Waals surface area contributed by atoms with Crippen molar-refractivity contribution in [2.24, 2.45) is 4.99 Å². The molecule has 0 bridgehead atoms. The number of pyridine rings is 1. The first-order chi connectivity index (χ1) is 7.29. The first-order valence-corrected chi connectivity index (χ1v) is 5.65. The van der Waals surface area contributed by atoms with Crippen LogP contribution in [0.3, 0.4) is 0 Å². The van der Waals surface area contributed by atoms with Gasteiger partial charge in [-0.05, 0) is 18.6 Å². The van der Waals surface area contributed by atoms with E-state index in [1.807, 2.05) is 19.1 Å². The molecule has 1 N–H and O–H groups in total. The fraction of sp³-hybridized carbons (Fsp3) is 0.300. The second-order valence-corrected chi connectivity index (χ2v) is 4.30. The second-order valence-electron chi connectivity index (χ2n) is 3.11. The van der Waals surface area contributed by atoms with E-state index in [9.17, 15) is 4.79 Å². The van der Waals surface area contributed by atoms with Gasteiger partial charge in [0.05, 0.1) is 5.25 Å². The van der Waals surface area contributed by atoms with E-state index in [-0.39, 0.29) is 11.2 Å². The standard InChI is InChI=1S/C10H11N3OS/c1-2-7-9(14)13-10(15-7)12-8-5-3-4-6-11-8/h3-7H,2H2,1H3,(H,11,12,13,14). The Morgan fingerprint density at radius 2 is 2.47 bits per heavy atom. The quantitative estimate of drug-likeness (QED) is 0.827. The molecule has 15 heavy (non-hydrogen) atoms. The van der Waals surface area contributed by atoms with Crippen LogP contribution in [-0.2, 0) is 4.79 Å². The average molecular weight is 221 g/mol. The smallest absolute Gasteiger partial charge is 0.239 e. The molecule has 1 fully saturated rings. The van der Waals surface area contributed by atoms with Crippen molar-refractivity contribution in [3.05, 3.63) is 24.4 Å². The predicted octanol–water partition coefficient (Wildman–Crippen LogP) is 1.71. The van der Waals surface area contributed by atoms with Crippen molar-refractivity contribution in [1.82, 2.24) is 10.3 Å². The molecule has 1 atom stereocenters. The zero-order valence-corrected chi connectivity index (χ0v) is 9.12. The highest BCUT2D eigenvalue weighted by molar-refractivity contribution is 8.15. The van der Waals surface area contributed by atoms with Crippen LogP contribution in [0.25, 0.3) is 0 Å². The van der Waals surface area contributed by atoms with E-state index in [0.717, 1.165) is 6.42 Å². The van der Waals surface area contributed by atoms with Crippen molar-refractivity contribution in [1.29, 1.82) is 0 Å². The number of aromatic nitrogens is 1. The van der Waals surface area contributed by atoms with Gasteiger partial charge < -0.3 is 5.32 Å². The summed E-state index contributed by atoms with van der Waals surface area (Å²) in [4.78, 5) is 19.7. The van der Waals surface area contributed by atoms with Crippen molar-refractivity contribution >= 4 is 28.7 Å². The van der Waals surface area contributed by atoms with Gasteiger partial charge in [-0.15, -0.1) is 0 Å². The lowest BCUT2D eigenvalue weighted by atomic mass is 10.3. The Morgan fingerprint density at radius 3 is 3.07 bits per heavy atom. The lowest BCUT2D eigenvalue weighted by Crippen LogP contribution is -2.24. The average Bonchev–Trinajstić information content (AvgIpc) is 2.60. The van der Waals surface area contributed by atoms with Crippen molar-refractivity contribution < 1.29 is 4.79 Å². The molecule has 2 heterocycles. The van der Waals surface area contributed by atoms with Crippen molar-refractivity contribution in [2.75, 3.05) is 0 Å². The Bertz CT molecular complexity index is 391. The number of carbonyl (C=O) groups excluding carboxylic acids is 1. The number of nitrogens with one attached hydrogen (secondary N) is 1. The number of carbonyl (C=O) groups is 1.